The number of rotatable bonds is 6. The van der Waals surface area contributed by atoms with Gasteiger partial charge in [-0.2, -0.15) is 0 Å². The van der Waals surface area contributed by atoms with Gasteiger partial charge in [0, 0.05) is 43.5 Å². The first-order valence-corrected chi connectivity index (χ1v) is 11.2. The van der Waals surface area contributed by atoms with Crippen LogP contribution in [0.5, 0.6) is 5.75 Å². The van der Waals surface area contributed by atoms with Crippen LogP contribution >= 0.6 is 11.3 Å². The lowest BCUT2D eigenvalue weighted by molar-refractivity contribution is -0.134. The summed E-state index contributed by atoms with van der Waals surface area (Å²) in [7, 11) is 1.68. The molecule has 0 unspecified atom stereocenters. The fourth-order valence-corrected chi connectivity index (χ4v) is 5.06. The van der Waals surface area contributed by atoms with Gasteiger partial charge in [0.1, 0.15) is 10.8 Å². The minimum absolute atomic E-state index is 0.364. The quantitative estimate of drug-likeness (QED) is 0.735. The highest BCUT2D eigenvalue weighted by molar-refractivity contribution is 7.09. The number of nitrogens with zero attached hydrogens (tertiary/aromatic N) is 3. The van der Waals surface area contributed by atoms with Crippen LogP contribution in [0, 0.1) is 5.92 Å². The Bertz CT molecular complexity index is 775. The second-order valence-electron chi connectivity index (χ2n) is 7.87. The summed E-state index contributed by atoms with van der Waals surface area (Å²) in [6.07, 6.45) is 5.85. The third-order valence-electron chi connectivity index (χ3n) is 5.96. The number of methoxy groups -OCH3 is 1. The molecule has 1 saturated heterocycles. The molecule has 0 N–H and O–H groups in total. The van der Waals surface area contributed by atoms with Crippen LogP contribution in [0.15, 0.2) is 29.6 Å². The molecule has 6 heteroatoms. The summed E-state index contributed by atoms with van der Waals surface area (Å²) >= 11 is 1.71. The second kappa shape index (κ2) is 9.05. The van der Waals surface area contributed by atoms with Gasteiger partial charge in [0.2, 0.25) is 5.91 Å². The summed E-state index contributed by atoms with van der Waals surface area (Å²) in [5, 5.41) is 3.26. The maximum atomic E-state index is 12.5. The third-order valence-corrected chi connectivity index (χ3v) is 6.79. The average molecular weight is 400 g/mol. The molecule has 2 aliphatic rings. The van der Waals surface area contributed by atoms with Gasteiger partial charge in [-0.3, -0.25) is 9.69 Å². The number of benzene rings is 1. The van der Waals surface area contributed by atoms with Crippen molar-refractivity contribution in [3.8, 4) is 17.0 Å². The van der Waals surface area contributed by atoms with Gasteiger partial charge in [-0.05, 0) is 43.0 Å². The lowest BCUT2D eigenvalue weighted by Crippen LogP contribution is -2.48. The van der Waals surface area contributed by atoms with Crippen LogP contribution in [0.25, 0.3) is 11.3 Å². The Morgan fingerprint density at radius 3 is 2.54 bits per heavy atom. The first kappa shape index (κ1) is 19.4. The number of hydrogen-bond acceptors (Lipinski definition) is 5. The number of thiazole rings is 1. The van der Waals surface area contributed by atoms with Crippen molar-refractivity contribution in [3.63, 3.8) is 0 Å². The van der Waals surface area contributed by atoms with E-state index in [1.165, 1.54) is 25.7 Å². The van der Waals surface area contributed by atoms with E-state index in [1.807, 2.05) is 24.3 Å². The Balaban J connectivity index is 1.26. The van der Waals surface area contributed by atoms with Gasteiger partial charge in [-0.15, -0.1) is 11.3 Å². The number of ether oxygens (including phenoxy) is 1. The summed E-state index contributed by atoms with van der Waals surface area (Å²) in [5.41, 5.74) is 2.14. The van der Waals surface area contributed by atoms with Crippen LogP contribution in [0.4, 0.5) is 0 Å². The first-order chi connectivity index (χ1) is 13.7. The van der Waals surface area contributed by atoms with Crippen molar-refractivity contribution in [2.45, 2.75) is 38.6 Å². The molecule has 28 heavy (non-hydrogen) atoms. The average Bonchev–Trinajstić information content (AvgIpc) is 3.41. The molecule has 1 aliphatic heterocycles. The summed E-state index contributed by atoms with van der Waals surface area (Å²) < 4.78 is 5.22. The number of hydrogen-bond donors (Lipinski definition) is 0. The van der Waals surface area contributed by atoms with Crippen molar-refractivity contribution in [2.24, 2.45) is 5.92 Å². The minimum Gasteiger partial charge on any atom is -0.497 e. The molecular weight excluding hydrogens is 370 g/mol. The van der Waals surface area contributed by atoms with Gasteiger partial charge in [0.15, 0.2) is 0 Å². The van der Waals surface area contributed by atoms with E-state index in [9.17, 15) is 4.79 Å². The Morgan fingerprint density at radius 2 is 1.86 bits per heavy atom. The highest BCUT2D eigenvalue weighted by Crippen LogP contribution is 2.28. The fourth-order valence-electron chi connectivity index (χ4n) is 4.22. The van der Waals surface area contributed by atoms with E-state index in [4.69, 9.17) is 9.72 Å². The van der Waals surface area contributed by atoms with Crippen LogP contribution in [0.1, 0.15) is 37.1 Å². The number of carbonyl (C=O) groups excluding carboxylic acids is 1. The maximum absolute atomic E-state index is 12.5. The predicted octanol–water partition coefficient (Wildman–Crippen LogP) is 4.04. The normalized spacial score (nSPS) is 18.5. The molecule has 5 nitrogen and oxygen atoms in total. The molecular formula is C22H29N3O2S. The number of amides is 1. The number of aromatic nitrogens is 1. The summed E-state index contributed by atoms with van der Waals surface area (Å²) in [4.78, 5) is 21.8. The molecule has 0 radical (unpaired) electrons. The Labute approximate surface area is 171 Å². The van der Waals surface area contributed by atoms with Crippen molar-refractivity contribution in [1.29, 1.82) is 0 Å². The lowest BCUT2D eigenvalue weighted by Gasteiger charge is -2.34. The molecule has 1 saturated carbocycles. The molecule has 1 aromatic heterocycles. The summed E-state index contributed by atoms with van der Waals surface area (Å²) in [6.45, 7) is 4.44. The molecule has 1 amide bonds. The van der Waals surface area contributed by atoms with Crippen LogP contribution in [-0.2, 0) is 11.3 Å². The molecule has 4 rings (SSSR count). The lowest BCUT2D eigenvalue weighted by atomic mass is 10.0. The van der Waals surface area contributed by atoms with Crippen LogP contribution < -0.4 is 4.74 Å². The Kier molecular flexibility index (Phi) is 6.27. The standard InChI is InChI=1S/C22H29N3O2S/c1-27-19-8-6-18(7-9-19)20-16-28-21(23-20)15-24-10-12-25(13-11-24)22(26)14-17-4-2-3-5-17/h6-9,16-17H,2-5,10-15H2,1H3. The SMILES string of the molecule is COc1ccc(-c2csc(CN3CCN(C(=O)CC4CCCC4)CC3)n2)cc1. The predicted molar refractivity (Wildman–Crippen MR) is 113 cm³/mol. The van der Waals surface area contributed by atoms with Crippen LogP contribution in [-0.4, -0.2) is 54.0 Å². The van der Waals surface area contributed by atoms with Gasteiger partial charge in [-0.1, -0.05) is 12.8 Å². The van der Waals surface area contributed by atoms with Gasteiger partial charge < -0.3 is 9.64 Å². The highest BCUT2D eigenvalue weighted by Gasteiger charge is 2.25. The molecule has 2 fully saturated rings. The van der Waals surface area contributed by atoms with E-state index in [1.54, 1.807) is 18.4 Å². The van der Waals surface area contributed by atoms with E-state index >= 15 is 0 Å². The van der Waals surface area contributed by atoms with Gasteiger partial charge >= 0.3 is 0 Å². The smallest absolute Gasteiger partial charge is 0.222 e. The Hall–Kier alpha value is -1.92. The molecule has 0 atom stereocenters. The highest BCUT2D eigenvalue weighted by atomic mass is 32.1. The van der Waals surface area contributed by atoms with Crippen molar-refractivity contribution >= 4 is 17.2 Å². The molecule has 2 heterocycles. The summed E-state index contributed by atoms with van der Waals surface area (Å²) in [5.74, 6) is 1.86. The van der Waals surface area contributed by atoms with Crippen molar-refractivity contribution in [3.05, 3.63) is 34.7 Å². The van der Waals surface area contributed by atoms with Crippen molar-refractivity contribution in [1.82, 2.24) is 14.8 Å². The molecule has 1 aliphatic carbocycles. The summed E-state index contributed by atoms with van der Waals surface area (Å²) in [6, 6.07) is 8.03. The van der Waals surface area contributed by atoms with Crippen LogP contribution in [0.2, 0.25) is 0 Å². The zero-order valence-corrected chi connectivity index (χ0v) is 17.4. The van der Waals surface area contributed by atoms with E-state index in [2.05, 4.69) is 15.2 Å². The van der Waals surface area contributed by atoms with Crippen molar-refractivity contribution < 1.29 is 9.53 Å². The second-order valence-corrected chi connectivity index (χ2v) is 8.81. The monoisotopic (exact) mass is 399 g/mol. The fraction of sp³-hybridized carbons (Fsp3) is 0.545. The molecule has 2 aromatic rings. The topological polar surface area (TPSA) is 45.7 Å². The molecule has 0 bridgehead atoms. The largest absolute Gasteiger partial charge is 0.497 e. The number of piperazine rings is 1. The third kappa shape index (κ3) is 4.73. The zero-order valence-electron chi connectivity index (χ0n) is 16.6. The van der Waals surface area contributed by atoms with E-state index in [0.717, 1.165) is 61.2 Å². The van der Waals surface area contributed by atoms with E-state index in [-0.39, 0.29) is 0 Å². The number of carbonyl (C=O) groups is 1. The van der Waals surface area contributed by atoms with Gasteiger partial charge in [0.05, 0.1) is 19.3 Å². The Morgan fingerprint density at radius 1 is 1.14 bits per heavy atom. The molecule has 1 aromatic carbocycles. The van der Waals surface area contributed by atoms with Crippen LogP contribution in [0.3, 0.4) is 0 Å². The first-order valence-electron chi connectivity index (χ1n) is 10.3. The van der Waals surface area contributed by atoms with E-state index < -0.39 is 0 Å². The minimum atomic E-state index is 0.364. The van der Waals surface area contributed by atoms with E-state index in [0.29, 0.717) is 11.8 Å². The molecule has 150 valence electrons. The maximum Gasteiger partial charge on any atom is 0.222 e. The van der Waals surface area contributed by atoms with Gasteiger partial charge in [0.25, 0.3) is 0 Å². The molecule has 0 spiro atoms. The van der Waals surface area contributed by atoms with Crippen molar-refractivity contribution in [2.75, 3.05) is 33.3 Å². The van der Waals surface area contributed by atoms with Gasteiger partial charge in [-0.25, -0.2) is 4.98 Å². The zero-order chi connectivity index (χ0) is 19.3.